The van der Waals surface area contributed by atoms with Crippen molar-refractivity contribution in [2.24, 2.45) is 0 Å². The summed E-state index contributed by atoms with van der Waals surface area (Å²) in [6.45, 7) is 7.20. The first kappa shape index (κ1) is 21.5. The van der Waals surface area contributed by atoms with Crippen LogP contribution in [0.5, 0.6) is 0 Å². The first-order chi connectivity index (χ1) is 14.8. The molecular weight excluding hydrogens is 438 g/mol. The number of piperazine rings is 1. The lowest BCUT2D eigenvalue weighted by Gasteiger charge is -2.40. The van der Waals surface area contributed by atoms with Crippen molar-refractivity contribution in [3.63, 3.8) is 0 Å². The first-order valence-corrected chi connectivity index (χ1v) is 13.2. The molecule has 0 bridgehead atoms. The Morgan fingerprint density at radius 2 is 1.81 bits per heavy atom. The SMILES string of the molecule is CC1CN(S(=O)(=O)N2CCN(Cc3nc4sc5c(c4c(=O)[nH]3)CCC5)CC2)CC(C)O1. The van der Waals surface area contributed by atoms with Crippen molar-refractivity contribution < 1.29 is 13.2 Å². The highest BCUT2D eigenvalue weighted by molar-refractivity contribution is 7.86. The number of hydrogen-bond donors (Lipinski definition) is 1. The van der Waals surface area contributed by atoms with Crippen molar-refractivity contribution >= 4 is 31.8 Å². The number of H-pyrrole nitrogens is 1. The first-order valence-electron chi connectivity index (χ1n) is 11.0. The van der Waals surface area contributed by atoms with Gasteiger partial charge in [-0.25, -0.2) is 4.98 Å². The standard InChI is InChI=1S/C20H29N5O4S2/c1-13-10-25(11-14(2)29-13)31(27,28)24-8-6-23(7-9-24)12-17-21-19(26)18-15-4-3-5-16(15)30-20(18)22-17/h13-14H,3-12H2,1-2H3,(H,21,22,26). The van der Waals surface area contributed by atoms with Crippen LogP contribution in [0.25, 0.3) is 10.2 Å². The van der Waals surface area contributed by atoms with E-state index < -0.39 is 10.2 Å². The van der Waals surface area contributed by atoms with Gasteiger partial charge in [0.05, 0.1) is 24.1 Å². The van der Waals surface area contributed by atoms with Crippen molar-refractivity contribution in [2.45, 2.75) is 51.9 Å². The van der Waals surface area contributed by atoms with Gasteiger partial charge in [0.2, 0.25) is 0 Å². The number of fused-ring (bicyclic) bond motifs is 3. The molecule has 0 saturated carbocycles. The maximum absolute atomic E-state index is 13.1. The number of nitrogens with zero attached hydrogens (tertiary/aromatic N) is 4. The summed E-state index contributed by atoms with van der Waals surface area (Å²) in [5, 5.41) is 0.770. The number of aromatic amines is 1. The molecule has 170 valence electrons. The van der Waals surface area contributed by atoms with Crippen molar-refractivity contribution in [2.75, 3.05) is 39.3 Å². The number of nitrogens with one attached hydrogen (secondary N) is 1. The quantitative estimate of drug-likeness (QED) is 0.719. The van der Waals surface area contributed by atoms with Crippen molar-refractivity contribution in [1.29, 1.82) is 0 Å². The minimum absolute atomic E-state index is 0.0452. The Labute approximate surface area is 186 Å². The monoisotopic (exact) mass is 467 g/mol. The summed E-state index contributed by atoms with van der Waals surface area (Å²) in [6.07, 6.45) is 2.93. The van der Waals surface area contributed by atoms with Gasteiger partial charge in [0.25, 0.3) is 15.8 Å². The van der Waals surface area contributed by atoms with E-state index in [1.807, 2.05) is 13.8 Å². The van der Waals surface area contributed by atoms with Crippen LogP contribution in [0, 0.1) is 0 Å². The van der Waals surface area contributed by atoms with E-state index in [0.717, 1.165) is 29.5 Å². The van der Waals surface area contributed by atoms with E-state index in [1.54, 1.807) is 19.9 Å². The van der Waals surface area contributed by atoms with Crippen LogP contribution in [-0.2, 0) is 34.3 Å². The summed E-state index contributed by atoms with van der Waals surface area (Å²) in [7, 11) is -3.49. The number of hydrogen-bond acceptors (Lipinski definition) is 7. The highest BCUT2D eigenvalue weighted by Crippen LogP contribution is 2.34. The van der Waals surface area contributed by atoms with Gasteiger partial charge in [0.1, 0.15) is 10.7 Å². The van der Waals surface area contributed by atoms with Crippen molar-refractivity contribution in [3.8, 4) is 0 Å². The predicted molar refractivity (Wildman–Crippen MR) is 120 cm³/mol. The molecule has 1 aliphatic carbocycles. The second kappa shape index (κ2) is 8.20. The van der Waals surface area contributed by atoms with Gasteiger partial charge >= 0.3 is 0 Å². The molecule has 2 aromatic rings. The Bertz CT molecular complexity index is 1130. The van der Waals surface area contributed by atoms with Crippen LogP contribution >= 0.6 is 11.3 Å². The largest absolute Gasteiger partial charge is 0.373 e. The van der Waals surface area contributed by atoms with Gasteiger partial charge in [-0.1, -0.05) is 0 Å². The van der Waals surface area contributed by atoms with E-state index in [1.165, 1.54) is 10.4 Å². The van der Waals surface area contributed by atoms with Crippen molar-refractivity contribution in [3.05, 3.63) is 26.6 Å². The normalized spacial score (nSPS) is 26.5. The van der Waals surface area contributed by atoms with E-state index in [2.05, 4.69) is 9.88 Å². The summed E-state index contributed by atoms with van der Waals surface area (Å²) in [5.74, 6) is 0.657. The zero-order valence-electron chi connectivity index (χ0n) is 18.0. The summed E-state index contributed by atoms with van der Waals surface area (Å²) in [6, 6.07) is 0. The molecule has 31 heavy (non-hydrogen) atoms. The second-order valence-corrected chi connectivity index (χ2v) is 11.8. The van der Waals surface area contributed by atoms with Gasteiger partial charge in [-0.05, 0) is 38.7 Å². The fourth-order valence-electron chi connectivity index (χ4n) is 4.93. The molecule has 9 nitrogen and oxygen atoms in total. The van der Waals surface area contributed by atoms with Crippen molar-refractivity contribution in [1.82, 2.24) is 23.5 Å². The van der Waals surface area contributed by atoms with Crippen LogP contribution in [0.4, 0.5) is 0 Å². The molecule has 2 aliphatic heterocycles. The molecule has 2 atom stereocenters. The number of aryl methyl sites for hydroxylation is 2. The lowest BCUT2D eigenvalue weighted by molar-refractivity contribution is -0.0457. The third kappa shape index (κ3) is 4.07. The van der Waals surface area contributed by atoms with E-state index >= 15 is 0 Å². The molecule has 5 rings (SSSR count). The van der Waals surface area contributed by atoms with Gasteiger partial charge < -0.3 is 9.72 Å². The third-order valence-corrected chi connectivity index (χ3v) is 9.52. The molecular formula is C20H29N5O4S2. The fraction of sp³-hybridized carbons (Fsp3) is 0.700. The molecule has 3 aliphatic rings. The second-order valence-electron chi connectivity index (χ2n) is 8.81. The highest BCUT2D eigenvalue weighted by atomic mass is 32.2. The minimum Gasteiger partial charge on any atom is -0.373 e. The summed E-state index contributed by atoms with van der Waals surface area (Å²) < 4.78 is 34.9. The van der Waals surface area contributed by atoms with Crippen LogP contribution in [-0.4, -0.2) is 83.4 Å². The van der Waals surface area contributed by atoms with E-state index in [0.29, 0.717) is 51.6 Å². The molecule has 0 amide bonds. The zero-order chi connectivity index (χ0) is 21.8. The predicted octanol–water partition coefficient (Wildman–Crippen LogP) is 0.945. The maximum atomic E-state index is 13.1. The lowest BCUT2D eigenvalue weighted by Crippen LogP contribution is -2.57. The Morgan fingerprint density at radius 3 is 2.52 bits per heavy atom. The minimum atomic E-state index is -3.49. The molecule has 0 spiro atoms. The lowest BCUT2D eigenvalue weighted by atomic mass is 10.2. The number of morpholine rings is 1. The van der Waals surface area contributed by atoms with Crippen LogP contribution in [0.2, 0.25) is 0 Å². The van der Waals surface area contributed by atoms with E-state index in [-0.39, 0.29) is 17.8 Å². The van der Waals surface area contributed by atoms with Crippen LogP contribution in [0.15, 0.2) is 4.79 Å². The average Bonchev–Trinajstić information content (AvgIpc) is 3.28. The molecule has 0 aromatic carbocycles. The zero-order valence-corrected chi connectivity index (χ0v) is 19.6. The number of rotatable bonds is 4. The topological polar surface area (TPSA) is 98.8 Å². The van der Waals surface area contributed by atoms with Gasteiger partial charge in [-0.15, -0.1) is 11.3 Å². The summed E-state index contributed by atoms with van der Waals surface area (Å²) in [5.41, 5.74) is 1.14. The number of ether oxygens (including phenoxy) is 1. The molecule has 2 unspecified atom stereocenters. The maximum Gasteiger partial charge on any atom is 0.282 e. The Hall–Kier alpha value is -1.37. The molecule has 2 aromatic heterocycles. The highest BCUT2D eigenvalue weighted by Gasteiger charge is 2.36. The number of thiophene rings is 1. The smallest absolute Gasteiger partial charge is 0.282 e. The van der Waals surface area contributed by atoms with Crippen LogP contribution < -0.4 is 5.56 Å². The third-order valence-electron chi connectivity index (χ3n) is 6.37. The number of aromatic nitrogens is 2. The Kier molecular flexibility index (Phi) is 5.68. The summed E-state index contributed by atoms with van der Waals surface area (Å²) >= 11 is 1.64. The van der Waals surface area contributed by atoms with E-state index in [4.69, 9.17) is 9.72 Å². The molecule has 1 N–H and O–H groups in total. The summed E-state index contributed by atoms with van der Waals surface area (Å²) in [4.78, 5) is 24.6. The molecule has 2 saturated heterocycles. The van der Waals surface area contributed by atoms with Gasteiger partial charge in [-0.2, -0.15) is 17.0 Å². The molecule has 0 radical (unpaired) electrons. The van der Waals surface area contributed by atoms with E-state index in [9.17, 15) is 13.2 Å². The Balaban J connectivity index is 1.24. The average molecular weight is 468 g/mol. The molecule has 2 fully saturated rings. The van der Waals surface area contributed by atoms with Gasteiger partial charge in [-0.3, -0.25) is 9.69 Å². The molecule has 11 heteroatoms. The van der Waals surface area contributed by atoms with Gasteiger partial charge in [0, 0.05) is 44.1 Å². The fourth-order valence-corrected chi connectivity index (χ4v) is 7.96. The van der Waals surface area contributed by atoms with Crippen LogP contribution in [0.1, 0.15) is 36.5 Å². The van der Waals surface area contributed by atoms with Gasteiger partial charge in [0.15, 0.2) is 0 Å². The molecule has 4 heterocycles. The Morgan fingerprint density at radius 1 is 1.10 bits per heavy atom. The van der Waals surface area contributed by atoms with Crippen LogP contribution in [0.3, 0.4) is 0 Å².